The first-order valence-corrected chi connectivity index (χ1v) is 7.89. The van der Waals surface area contributed by atoms with Crippen molar-refractivity contribution in [1.82, 2.24) is 15.4 Å². The summed E-state index contributed by atoms with van der Waals surface area (Å²) in [4.78, 5) is 26.5. The van der Waals surface area contributed by atoms with Crippen LogP contribution in [0.15, 0.2) is 54.7 Å². The number of nitrogens with zero attached hydrogens (tertiary/aromatic N) is 2. The van der Waals surface area contributed by atoms with Gasteiger partial charge in [-0.15, -0.1) is 0 Å². The SMILES string of the molecule is CN(C)c1ccc(C(=O)NNC(=O)c2cn(C)c3ccccc23)cc1. The number of para-hydroxylation sites is 1. The number of aromatic nitrogens is 1. The highest BCUT2D eigenvalue weighted by molar-refractivity contribution is 6.08. The summed E-state index contributed by atoms with van der Waals surface area (Å²) in [5, 5.41) is 0.840. The van der Waals surface area contributed by atoms with E-state index in [-0.39, 0.29) is 11.8 Å². The summed E-state index contributed by atoms with van der Waals surface area (Å²) in [6.07, 6.45) is 1.75. The van der Waals surface area contributed by atoms with Crippen LogP contribution in [0.25, 0.3) is 10.9 Å². The zero-order valence-corrected chi connectivity index (χ0v) is 14.4. The molecule has 0 unspecified atom stereocenters. The van der Waals surface area contributed by atoms with Crippen LogP contribution in [0.2, 0.25) is 0 Å². The lowest BCUT2D eigenvalue weighted by Gasteiger charge is -2.12. The van der Waals surface area contributed by atoms with Gasteiger partial charge in [0, 0.05) is 49.5 Å². The van der Waals surface area contributed by atoms with Crippen LogP contribution >= 0.6 is 0 Å². The summed E-state index contributed by atoms with van der Waals surface area (Å²) < 4.78 is 1.88. The Hall–Kier alpha value is -3.28. The fraction of sp³-hybridized carbons (Fsp3) is 0.158. The Kier molecular flexibility index (Phi) is 4.43. The van der Waals surface area contributed by atoms with Gasteiger partial charge in [-0.2, -0.15) is 0 Å². The minimum atomic E-state index is -0.362. The van der Waals surface area contributed by atoms with E-state index in [4.69, 9.17) is 0 Å². The Labute approximate surface area is 146 Å². The number of anilines is 1. The third-order valence-corrected chi connectivity index (χ3v) is 4.08. The predicted octanol–water partition coefficient (Wildman–Crippen LogP) is 2.32. The molecule has 0 aliphatic heterocycles. The monoisotopic (exact) mass is 336 g/mol. The van der Waals surface area contributed by atoms with Gasteiger partial charge >= 0.3 is 0 Å². The van der Waals surface area contributed by atoms with Crippen LogP contribution in [0.3, 0.4) is 0 Å². The molecule has 0 atom stereocenters. The molecule has 1 aromatic heterocycles. The van der Waals surface area contributed by atoms with Crippen molar-refractivity contribution in [3.05, 3.63) is 65.9 Å². The topological polar surface area (TPSA) is 66.4 Å². The van der Waals surface area contributed by atoms with Gasteiger partial charge in [0.1, 0.15) is 0 Å². The molecule has 6 heteroatoms. The molecule has 0 saturated heterocycles. The van der Waals surface area contributed by atoms with Crippen molar-refractivity contribution < 1.29 is 9.59 Å². The third kappa shape index (κ3) is 3.33. The highest BCUT2D eigenvalue weighted by Gasteiger charge is 2.14. The molecule has 0 radical (unpaired) electrons. The number of benzene rings is 2. The summed E-state index contributed by atoms with van der Waals surface area (Å²) in [7, 11) is 5.74. The molecule has 0 spiro atoms. The van der Waals surface area contributed by atoms with Crippen molar-refractivity contribution in [3.63, 3.8) is 0 Å². The van der Waals surface area contributed by atoms with Gasteiger partial charge in [0.2, 0.25) is 0 Å². The van der Waals surface area contributed by atoms with Crippen molar-refractivity contribution in [2.24, 2.45) is 7.05 Å². The molecule has 2 amide bonds. The molecule has 128 valence electrons. The number of hydrogen-bond acceptors (Lipinski definition) is 3. The first-order chi connectivity index (χ1) is 12.0. The largest absolute Gasteiger partial charge is 0.378 e. The van der Waals surface area contributed by atoms with E-state index in [1.54, 1.807) is 18.3 Å². The van der Waals surface area contributed by atoms with Crippen LogP contribution in [0, 0.1) is 0 Å². The number of carbonyl (C=O) groups is 2. The van der Waals surface area contributed by atoms with Gasteiger partial charge in [0.25, 0.3) is 11.8 Å². The van der Waals surface area contributed by atoms with E-state index in [1.165, 1.54) is 0 Å². The van der Waals surface area contributed by atoms with Crippen LogP contribution < -0.4 is 15.8 Å². The van der Waals surface area contributed by atoms with Crippen LogP contribution in [0.1, 0.15) is 20.7 Å². The fourth-order valence-corrected chi connectivity index (χ4v) is 2.69. The molecule has 0 aliphatic rings. The molecule has 3 rings (SSSR count). The lowest BCUT2D eigenvalue weighted by atomic mass is 10.1. The van der Waals surface area contributed by atoms with E-state index < -0.39 is 0 Å². The lowest BCUT2D eigenvalue weighted by Crippen LogP contribution is -2.41. The maximum Gasteiger partial charge on any atom is 0.271 e. The molecule has 2 N–H and O–H groups in total. The molecule has 3 aromatic rings. The first kappa shape index (κ1) is 16.6. The Morgan fingerprint density at radius 1 is 0.920 bits per heavy atom. The van der Waals surface area contributed by atoms with Crippen LogP contribution in [-0.4, -0.2) is 30.5 Å². The second-order valence-corrected chi connectivity index (χ2v) is 6.02. The van der Waals surface area contributed by atoms with Crippen LogP contribution in [0.5, 0.6) is 0 Å². The van der Waals surface area contributed by atoms with E-state index in [0.717, 1.165) is 16.6 Å². The van der Waals surface area contributed by atoms with Crippen molar-refractivity contribution in [3.8, 4) is 0 Å². The van der Waals surface area contributed by atoms with Crippen LogP contribution in [-0.2, 0) is 7.05 Å². The van der Waals surface area contributed by atoms with E-state index >= 15 is 0 Å². The predicted molar refractivity (Wildman–Crippen MR) is 98.6 cm³/mol. The van der Waals surface area contributed by atoms with Gasteiger partial charge in [-0.25, -0.2) is 0 Å². The van der Waals surface area contributed by atoms with Gasteiger partial charge in [-0.3, -0.25) is 20.4 Å². The Morgan fingerprint density at radius 2 is 1.56 bits per heavy atom. The maximum absolute atomic E-state index is 12.4. The zero-order valence-electron chi connectivity index (χ0n) is 14.4. The van der Waals surface area contributed by atoms with E-state index in [9.17, 15) is 9.59 Å². The number of hydrogen-bond donors (Lipinski definition) is 2. The van der Waals surface area contributed by atoms with E-state index in [1.807, 2.05) is 67.0 Å². The number of aryl methyl sites for hydroxylation is 1. The molecule has 25 heavy (non-hydrogen) atoms. The smallest absolute Gasteiger partial charge is 0.271 e. The van der Waals surface area contributed by atoms with Crippen molar-refractivity contribution in [1.29, 1.82) is 0 Å². The maximum atomic E-state index is 12.4. The van der Waals surface area contributed by atoms with Crippen molar-refractivity contribution >= 4 is 28.4 Å². The minimum Gasteiger partial charge on any atom is -0.378 e. The Bertz CT molecular complexity index is 926. The van der Waals surface area contributed by atoms with Gasteiger partial charge in [-0.05, 0) is 30.3 Å². The minimum absolute atomic E-state index is 0.352. The Morgan fingerprint density at radius 3 is 2.24 bits per heavy atom. The molecule has 0 fully saturated rings. The number of fused-ring (bicyclic) bond motifs is 1. The summed E-state index contributed by atoms with van der Waals surface area (Å²) in [6.45, 7) is 0. The third-order valence-electron chi connectivity index (χ3n) is 4.08. The molecule has 1 heterocycles. The van der Waals surface area contributed by atoms with Crippen LogP contribution in [0.4, 0.5) is 5.69 Å². The lowest BCUT2D eigenvalue weighted by molar-refractivity contribution is 0.0847. The number of amides is 2. The summed E-state index contributed by atoms with van der Waals surface area (Å²) in [6, 6.07) is 14.8. The normalized spacial score (nSPS) is 10.5. The first-order valence-electron chi connectivity index (χ1n) is 7.89. The quantitative estimate of drug-likeness (QED) is 0.722. The van der Waals surface area contributed by atoms with E-state index in [2.05, 4.69) is 10.9 Å². The molecular formula is C19H20N4O2. The number of carbonyl (C=O) groups excluding carboxylic acids is 2. The zero-order chi connectivity index (χ0) is 18.0. The number of nitrogens with one attached hydrogen (secondary N) is 2. The Balaban J connectivity index is 1.70. The van der Waals surface area contributed by atoms with Crippen molar-refractivity contribution in [2.45, 2.75) is 0 Å². The highest BCUT2D eigenvalue weighted by Crippen LogP contribution is 2.20. The molecule has 0 saturated carbocycles. The summed E-state index contributed by atoms with van der Waals surface area (Å²) >= 11 is 0. The summed E-state index contributed by atoms with van der Waals surface area (Å²) in [5.41, 5.74) is 7.88. The van der Waals surface area contributed by atoms with E-state index in [0.29, 0.717) is 11.1 Å². The standard InChI is InChI=1S/C19H20N4O2/c1-22(2)14-10-8-13(9-11-14)18(24)20-21-19(25)16-12-23(3)17-7-5-4-6-15(16)17/h4-12H,1-3H3,(H,20,24)(H,21,25). The van der Waals surface area contributed by atoms with Gasteiger partial charge in [-0.1, -0.05) is 18.2 Å². The second kappa shape index (κ2) is 6.68. The molecular weight excluding hydrogens is 316 g/mol. The second-order valence-electron chi connectivity index (χ2n) is 6.02. The van der Waals surface area contributed by atoms with Gasteiger partial charge < -0.3 is 9.47 Å². The highest BCUT2D eigenvalue weighted by atomic mass is 16.2. The molecule has 6 nitrogen and oxygen atoms in total. The van der Waals surface area contributed by atoms with Gasteiger partial charge in [0.05, 0.1) is 5.56 Å². The fourth-order valence-electron chi connectivity index (χ4n) is 2.69. The van der Waals surface area contributed by atoms with Gasteiger partial charge in [0.15, 0.2) is 0 Å². The average Bonchev–Trinajstić information content (AvgIpc) is 2.97. The summed E-state index contributed by atoms with van der Waals surface area (Å²) in [5.74, 6) is -0.714. The molecule has 2 aromatic carbocycles. The number of rotatable bonds is 3. The van der Waals surface area contributed by atoms with Crippen molar-refractivity contribution in [2.75, 3.05) is 19.0 Å². The molecule has 0 bridgehead atoms. The number of hydrazine groups is 1. The molecule has 0 aliphatic carbocycles. The average molecular weight is 336 g/mol.